The molecule has 0 rings (SSSR count). The molecule has 0 spiro atoms. The molecule has 3 amide bonds. The number of carboxylic acid groups (broad SMARTS) is 2. The number of thiol groups is 1. The molecule has 10 N–H and O–H groups in total. The Bertz CT molecular complexity index is 636. The summed E-state index contributed by atoms with van der Waals surface area (Å²) >= 11 is 3.87. The SMILES string of the molecule is NCCCCC(NC(=O)C(CO)NC(=O)C(N)CS)C(=O)NC(CCC(=O)O)C(=O)O. The third-order valence-electron chi connectivity index (χ3n) is 4.19. The Morgan fingerprint density at radius 1 is 0.839 bits per heavy atom. The van der Waals surface area contributed by atoms with E-state index < -0.39 is 66.9 Å². The number of nitrogens with two attached hydrogens (primary N) is 2. The van der Waals surface area contributed by atoms with E-state index in [0.29, 0.717) is 19.4 Å². The van der Waals surface area contributed by atoms with Gasteiger partial charge in [-0.05, 0) is 32.2 Å². The van der Waals surface area contributed by atoms with Gasteiger partial charge in [0, 0.05) is 12.2 Å². The maximum absolute atomic E-state index is 12.6. The molecule has 0 aliphatic heterocycles. The van der Waals surface area contributed by atoms with E-state index in [2.05, 4.69) is 28.6 Å². The molecule has 31 heavy (non-hydrogen) atoms. The summed E-state index contributed by atoms with van der Waals surface area (Å²) in [5, 5.41) is 34.1. The summed E-state index contributed by atoms with van der Waals surface area (Å²) in [6.45, 7) is -0.444. The number of nitrogens with one attached hydrogen (secondary N) is 3. The minimum absolute atomic E-state index is 0.00262. The first kappa shape index (κ1) is 28.6. The predicted octanol–water partition coefficient (Wildman–Crippen LogP) is -3.23. The van der Waals surface area contributed by atoms with E-state index in [1.807, 2.05) is 0 Å². The summed E-state index contributed by atoms with van der Waals surface area (Å²) in [6.07, 6.45) is 0.213. The average Bonchev–Trinajstić information content (AvgIpc) is 2.72. The Kier molecular flexibility index (Phi) is 14.2. The lowest BCUT2D eigenvalue weighted by molar-refractivity contribution is -0.143. The van der Waals surface area contributed by atoms with Crippen LogP contribution in [0.25, 0.3) is 0 Å². The lowest BCUT2D eigenvalue weighted by atomic mass is 10.1. The number of carbonyl (C=O) groups is 5. The number of carboxylic acids is 2. The summed E-state index contributed by atoms with van der Waals surface area (Å²) in [6, 6.07) is -5.08. The molecule has 4 unspecified atom stereocenters. The number of rotatable bonds is 16. The molecule has 0 radical (unpaired) electrons. The molecule has 0 aromatic heterocycles. The number of aliphatic hydroxyl groups excluding tert-OH is 1. The molecule has 0 aromatic carbocycles. The predicted molar refractivity (Wildman–Crippen MR) is 112 cm³/mol. The minimum atomic E-state index is -1.47. The van der Waals surface area contributed by atoms with Crippen molar-refractivity contribution in [3.8, 4) is 0 Å². The van der Waals surface area contributed by atoms with Crippen molar-refractivity contribution >= 4 is 42.3 Å². The Hall–Kier alpha value is -2.42. The first-order valence-electron chi connectivity index (χ1n) is 9.60. The van der Waals surface area contributed by atoms with Crippen molar-refractivity contribution in [1.29, 1.82) is 0 Å². The van der Waals surface area contributed by atoms with Crippen molar-refractivity contribution in [2.45, 2.75) is 56.3 Å². The van der Waals surface area contributed by atoms with Crippen LogP contribution in [0.1, 0.15) is 32.1 Å². The summed E-state index contributed by atoms with van der Waals surface area (Å²) in [4.78, 5) is 58.9. The molecule has 4 atom stereocenters. The van der Waals surface area contributed by atoms with Crippen LogP contribution in [0.3, 0.4) is 0 Å². The second kappa shape index (κ2) is 15.4. The molecule has 0 saturated carbocycles. The van der Waals surface area contributed by atoms with Gasteiger partial charge in [-0.1, -0.05) is 0 Å². The lowest BCUT2D eigenvalue weighted by Gasteiger charge is -2.24. The molecule has 14 heteroatoms. The van der Waals surface area contributed by atoms with Gasteiger partial charge in [-0.25, -0.2) is 4.79 Å². The van der Waals surface area contributed by atoms with Crippen molar-refractivity contribution in [2.24, 2.45) is 11.5 Å². The van der Waals surface area contributed by atoms with E-state index in [0.717, 1.165) is 0 Å². The summed E-state index contributed by atoms with van der Waals surface area (Å²) < 4.78 is 0. The second-order valence-electron chi connectivity index (χ2n) is 6.71. The number of aliphatic hydroxyl groups is 1. The van der Waals surface area contributed by atoms with E-state index in [1.54, 1.807) is 0 Å². The molecule has 0 fully saturated rings. The molecule has 0 saturated heterocycles. The average molecular weight is 466 g/mol. The lowest BCUT2D eigenvalue weighted by Crippen LogP contribution is -2.58. The Morgan fingerprint density at radius 3 is 1.87 bits per heavy atom. The van der Waals surface area contributed by atoms with Crippen molar-refractivity contribution in [3.63, 3.8) is 0 Å². The third kappa shape index (κ3) is 11.5. The van der Waals surface area contributed by atoms with Crippen LogP contribution in [0.2, 0.25) is 0 Å². The fourth-order valence-electron chi connectivity index (χ4n) is 2.39. The van der Waals surface area contributed by atoms with Gasteiger partial charge in [0.25, 0.3) is 0 Å². The summed E-state index contributed by atoms with van der Waals surface area (Å²) in [5.41, 5.74) is 10.9. The fourth-order valence-corrected chi connectivity index (χ4v) is 2.55. The van der Waals surface area contributed by atoms with E-state index in [9.17, 15) is 34.2 Å². The minimum Gasteiger partial charge on any atom is -0.481 e. The highest BCUT2D eigenvalue weighted by Gasteiger charge is 2.29. The zero-order chi connectivity index (χ0) is 24.0. The first-order chi connectivity index (χ1) is 14.6. The van der Waals surface area contributed by atoms with Gasteiger partial charge in [-0.15, -0.1) is 0 Å². The highest BCUT2D eigenvalue weighted by molar-refractivity contribution is 7.80. The van der Waals surface area contributed by atoms with E-state index in [1.165, 1.54) is 0 Å². The Balaban J connectivity index is 5.26. The topological polar surface area (TPSA) is 234 Å². The van der Waals surface area contributed by atoms with Crippen LogP contribution >= 0.6 is 12.6 Å². The standard InChI is InChI=1S/C17H31N5O8S/c18-6-2-1-3-10(15(27)21-11(17(29)30)4-5-13(24)25)20-16(28)12(7-23)22-14(26)9(19)8-31/h9-12,23,31H,1-8,18-19H2,(H,20,28)(H,21,27)(H,22,26)(H,24,25)(H,29,30). The zero-order valence-electron chi connectivity index (χ0n) is 17.0. The first-order valence-corrected chi connectivity index (χ1v) is 10.2. The van der Waals surface area contributed by atoms with Gasteiger partial charge in [-0.2, -0.15) is 12.6 Å². The fraction of sp³-hybridized carbons (Fsp3) is 0.706. The maximum Gasteiger partial charge on any atom is 0.326 e. The van der Waals surface area contributed by atoms with E-state index in [4.69, 9.17) is 16.6 Å². The zero-order valence-corrected chi connectivity index (χ0v) is 17.8. The quantitative estimate of drug-likeness (QED) is 0.0816. The van der Waals surface area contributed by atoms with Crippen molar-refractivity contribution in [2.75, 3.05) is 18.9 Å². The molecule has 0 aliphatic rings. The van der Waals surface area contributed by atoms with Gasteiger partial charge >= 0.3 is 11.9 Å². The van der Waals surface area contributed by atoms with Crippen LogP contribution in [0, 0.1) is 0 Å². The van der Waals surface area contributed by atoms with Crippen LogP contribution in [0.4, 0.5) is 0 Å². The van der Waals surface area contributed by atoms with Crippen LogP contribution in [0.15, 0.2) is 0 Å². The van der Waals surface area contributed by atoms with Crippen LogP contribution in [-0.4, -0.2) is 88.1 Å². The number of aliphatic carboxylic acids is 2. The monoisotopic (exact) mass is 465 g/mol. The van der Waals surface area contributed by atoms with Crippen molar-refractivity contribution < 1.29 is 39.3 Å². The number of amides is 3. The van der Waals surface area contributed by atoms with Crippen molar-refractivity contribution in [3.05, 3.63) is 0 Å². The van der Waals surface area contributed by atoms with Gasteiger partial charge in [-0.3, -0.25) is 19.2 Å². The number of unbranched alkanes of at least 4 members (excludes halogenated alkanes) is 1. The Morgan fingerprint density at radius 2 is 1.39 bits per heavy atom. The smallest absolute Gasteiger partial charge is 0.326 e. The highest BCUT2D eigenvalue weighted by Crippen LogP contribution is 2.05. The molecule has 0 aliphatic carbocycles. The molecule has 178 valence electrons. The number of hydrogen-bond acceptors (Lipinski definition) is 9. The highest BCUT2D eigenvalue weighted by atomic mass is 32.1. The molecule has 0 aromatic rings. The van der Waals surface area contributed by atoms with Gasteiger partial charge in [0.15, 0.2) is 0 Å². The number of hydrogen-bond donors (Lipinski definition) is 9. The normalized spacial score (nSPS) is 14.6. The van der Waals surface area contributed by atoms with Gasteiger partial charge in [0.05, 0.1) is 12.6 Å². The summed E-state index contributed by atoms with van der Waals surface area (Å²) in [7, 11) is 0. The molecular weight excluding hydrogens is 434 g/mol. The van der Waals surface area contributed by atoms with E-state index in [-0.39, 0.29) is 18.6 Å². The summed E-state index contributed by atoms with van der Waals surface area (Å²) in [5.74, 6) is -5.11. The Labute approximate surface area is 184 Å². The molecular formula is C17H31N5O8S. The molecule has 0 bridgehead atoms. The second-order valence-corrected chi connectivity index (χ2v) is 7.08. The molecule has 0 heterocycles. The third-order valence-corrected chi connectivity index (χ3v) is 4.58. The van der Waals surface area contributed by atoms with Crippen LogP contribution in [-0.2, 0) is 24.0 Å². The number of carbonyl (C=O) groups excluding carboxylic acids is 3. The van der Waals surface area contributed by atoms with E-state index >= 15 is 0 Å². The van der Waals surface area contributed by atoms with Crippen LogP contribution in [0.5, 0.6) is 0 Å². The maximum atomic E-state index is 12.6. The van der Waals surface area contributed by atoms with Gasteiger partial charge in [0.2, 0.25) is 17.7 Å². The molecule has 13 nitrogen and oxygen atoms in total. The van der Waals surface area contributed by atoms with Crippen molar-refractivity contribution in [1.82, 2.24) is 16.0 Å². The van der Waals surface area contributed by atoms with Gasteiger partial charge in [0.1, 0.15) is 18.1 Å². The van der Waals surface area contributed by atoms with Crippen LogP contribution < -0.4 is 27.4 Å². The van der Waals surface area contributed by atoms with Gasteiger partial charge < -0.3 is 42.7 Å². The largest absolute Gasteiger partial charge is 0.481 e.